The molecule has 2 heterocycles. The summed E-state index contributed by atoms with van der Waals surface area (Å²) in [5, 5.41) is 12.0. The number of fused-ring (bicyclic) bond motifs is 1. The highest BCUT2D eigenvalue weighted by atomic mass is 35.5. The largest absolute Gasteiger partial charge is 0.395 e. The first-order chi connectivity index (χ1) is 16.8. The lowest BCUT2D eigenvalue weighted by atomic mass is 9.95. The molecule has 2 aromatic rings. The fourth-order valence-corrected chi connectivity index (χ4v) is 4.33. The van der Waals surface area contributed by atoms with Crippen LogP contribution >= 0.6 is 11.6 Å². The summed E-state index contributed by atoms with van der Waals surface area (Å²) in [5.74, 6) is -1.12. The summed E-state index contributed by atoms with van der Waals surface area (Å²) in [6.07, 6.45) is 1.02. The summed E-state index contributed by atoms with van der Waals surface area (Å²) >= 11 is 6.10. The molecule has 0 aromatic heterocycles. The van der Waals surface area contributed by atoms with Crippen LogP contribution < -0.4 is 16.0 Å². The lowest BCUT2D eigenvalue weighted by Crippen LogP contribution is -2.45. The summed E-state index contributed by atoms with van der Waals surface area (Å²) < 4.78 is 0. The molecule has 182 valence electrons. The third-order valence-electron chi connectivity index (χ3n) is 6.03. The first-order valence-electron chi connectivity index (χ1n) is 11.2. The van der Waals surface area contributed by atoms with Gasteiger partial charge < -0.3 is 26.0 Å². The lowest BCUT2D eigenvalue weighted by Gasteiger charge is -2.32. The van der Waals surface area contributed by atoms with Crippen LogP contribution in [-0.4, -0.2) is 66.7 Å². The zero-order valence-electron chi connectivity index (χ0n) is 19.3. The maximum Gasteiger partial charge on any atom is 0.277 e. The zero-order valence-corrected chi connectivity index (χ0v) is 20.0. The van der Waals surface area contributed by atoms with Gasteiger partial charge in [-0.15, -0.1) is 0 Å². The predicted molar refractivity (Wildman–Crippen MR) is 134 cm³/mol. The molecule has 0 radical (unpaired) electrons. The first kappa shape index (κ1) is 24.4. The Morgan fingerprint density at radius 1 is 1.14 bits per heavy atom. The molecule has 0 spiro atoms. The molecule has 2 aromatic carbocycles. The van der Waals surface area contributed by atoms with E-state index < -0.39 is 11.8 Å². The molecule has 2 aliphatic heterocycles. The highest BCUT2D eigenvalue weighted by Crippen LogP contribution is 2.30. The second kappa shape index (κ2) is 10.3. The van der Waals surface area contributed by atoms with E-state index in [2.05, 4.69) is 10.3 Å². The minimum Gasteiger partial charge on any atom is -0.395 e. The minimum absolute atomic E-state index is 0.0244. The van der Waals surface area contributed by atoms with Crippen LogP contribution in [-0.2, 0) is 16.0 Å². The van der Waals surface area contributed by atoms with Crippen LogP contribution in [0.1, 0.15) is 22.3 Å². The van der Waals surface area contributed by atoms with Crippen LogP contribution in [0.5, 0.6) is 0 Å². The highest BCUT2D eigenvalue weighted by molar-refractivity contribution is 6.51. The maximum absolute atomic E-state index is 13.7. The van der Waals surface area contributed by atoms with Crippen molar-refractivity contribution in [1.82, 2.24) is 10.2 Å². The predicted octanol–water partition coefficient (Wildman–Crippen LogP) is 1.80. The van der Waals surface area contributed by atoms with Crippen molar-refractivity contribution in [3.63, 3.8) is 0 Å². The number of nitrogens with zero attached hydrogens (tertiary/aromatic N) is 3. The molecular formula is C25H26ClN5O4. The Labute approximate surface area is 207 Å². The molecule has 2 aliphatic rings. The lowest BCUT2D eigenvalue weighted by molar-refractivity contribution is -0.117. The fourth-order valence-electron chi connectivity index (χ4n) is 4.15. The van der Waals surface area contributed by atoms with Crippen LogP contribution in [0.3, 0.4) is 0 Å². The van der Waals surface area contributed by atoms with Crippen molar-refractivity contribution < 1.29 is 19.5 Å². The molecule has 0 atom stereocenters. The first-order valence-corrected chi connectivity index (χ1v) is 11.6. The Kier molecular flexibility index (Phi) is 7.18. The second-order valence-electron chi connectivity index (χ2n) is 8.34. The number of anilines is 1. The third kappa shape index (κ3) is 5.06. The van der Waals surface area contributed by atoms with Crippen molar-refractivity contribution in [1.29, 1.82) is 0 Å². The van der Waals surface area contributed by atoms with Gasteiger partial charge in [-0.3, -0.25) is 14.4 Å². The number of carbonyl (C=O) groups excluding carboxylic acids is 3. The summed E-state index contributed by atoms with van der Waals surface area (Å²) in [5.41, 5.74) is 8.86. The van der Waals surface area contributed by atoms with E-state index in [4.69, 9.17) is 22.4 Å². The third-order valence-corrected chi connectivity index (χ3v) is 6.27. The average Bonchev–Trinajstić information content (AvgIpc) is 2.85. The summed E-state index contributed by atoms with van der Waals surface area (Å²) in [7, 11) is 1.75. The van der Waals surface area contributed by atoms with Crippen LogP contribution in [0.25, 0.3) is 0 Å². The molecule has 1 saturated heterocycles. The van der Waals surface area contributed by atoms with Crippen LogP contribution in [0.4, 0.5) is 11.4 Å². The topological polar surface area (TPSA) is 128 Å². The molecule has 4 rings (SSSR count). The van der Waals surface area contributed by atoms with E-state index in [-0.39, 0.29) is 43.4 Å². The minimum atomic E-state index is -0.587. The average molecular weight is 496 g/mol. The van der Waals surface area contributed by atoms with Crippen molar-refractivity contribution in [3.05, 3.63) is 69.9 Å². The Hall–Kier alpha value is -3.69. The number of hydrogen-bond donors (Lipinski definition) is 3. The van der Waals surface area contributed by atoms with Gasteiger partial charge in [0.05, 0.1) is 12.3 Å². The molecule has 0 bridgehead atoms. The number of nitrogens with one attached hydrogen (secondary N) is 1. The van der Waals surface area contributed by atoms with Gasteiger partial charge in [0.25, 0.3) is 17.7 Å². The number of aliphatic hydroxyl groups excluding tert-OH is 1. The second-order valence-corrected chi connectivity index (χ2v) is 8.77. The van der Waals surface area contributed by atoms with E-state index in [9.17, 15) is 14.4 Å². The van der Waals surface area contributed by atoms with E-state index in [1.165, 1.54) is 4.90 Å². The number of likely N-dealkylation sites (N-methyl/N-ethyl adjacent to an activating group) is 1. The Bertz CT molecular complexity index is 1260. The number of halogens is 1. The van der Waals surface area contributed by atoms with Crippen molar-refractivity contribution in [3.8, 4) is 0 Å². The van der Waals surface area contributed by atoms with E-state index in [1.807, 2.05) is 12.1 Å². The van der Waals surface area contributed by atoms with Gasteiger partial charge >= 0.3 is 0 Å². The van der Waals surface area contributed by atoms with Gasteiger partial charge in [0.2, 0.25) is 0 Å². The molecule has 0 aliphatic carbocycles. The number of benzene rings is 2. The van der Waals surface area contributed by atoms with Gasteiger partial charge in [-0.1, -0.05) is 23.7 Å². The number of amides is 3. The van der Waals surface area contributed by atoms with E-state index in [1.54, 1.807) is 42.3 Å². The Morgan fingerprint density at radius 3 is 2.69 bits per heavy atom. The Balaban J connectivity index is 1.75. The molecule has 3 amide bonds. The molecule has 9 nitrogen and oxygen atoms in total. The number of piperidine rings is 1. The van der Waals surface area contributed by atoms with Crippen molar-refractivity contribution in [2.75, 3.05) is 38.2 Å². The summed E-state index contributed by atoms with van der Waals surface area (Å²) in [6.45, 7) is 0.692. The van der Waals surface area contributed by atoms with Crippen molar-refractivity contribution >= 4 is 46.4 Å². The van der Waals surface area contributed by atoms with Crippen LogP contribution in [0.15, 0.2) is 58.7 Å². The monoisotopic (exact) mass is 495 g/mol. The highest BCUT2D eigenvalue weighted by Gasteiger charge is 2.33. The molecular weight excluding hydrogens is 470 g/mol. The SMILES string of the molecule is CN1CCc2ccc(N3CC/C(=C(/N)C(=O)NCCO)C(=Nc4cccc(Cl)c4)C3=O)cc2C1=O. The quantitative estimate of drug-likeness (QED) is 0.545. The van der Waals surface area contributed by atoms with Gasteiger partial charge in [-0.05, 0) is 48.7 Å². The van der Waals surface area contributed by atoms with Gasteiger partial charge in [0.1, 0.15) is 11.4 Å². The molecule has 0 unspecified atom stereocenters. The van der Waals surface area contributed by atoms with E-state index >= 15 is 0 Å². The summed E-state index contributed by atoms with van der Waals surface area (Å²) in [4.78, 5) is 46.6. The van der Waals surface area contributed by atoms with Crippen molar-refractivity contribution in [2.45, 2.75) is 12.8 Å². The molecule has 4 N–H and O–H groups in total. The number of aliphatic imine (C=N–C) groups is 1. The Morgan fingerprint density at radius 2 is 1.94 bits per heavy atom. The molecule has 10 heteroatoms. The number of aliphatic hydroxyl groups is 1. The number of hydrogen-bond acceptors (Lipinski definition) is 6. The van der Waals surface area contributed by atoms with Crippen LogP contribution in [0.2, 0.25) is 5.02 Å². The fraction of sp³-hybridized carbons (Fsp3) is 0.280. The molecule has 0 saturated carbocycles. The number of rotatable bonds is 5. The normalized spacial score (nSPS) is 18.5. The van der Waals surface area contributed by atoms with Gasteiger partial charge in [-0.2, -0.15) is 0 Å². The van der Waals surface area contributed by atoms with Gasteiger partial charge in [-0.25, -0.2) is 4.99 Å². The van der Waals surface area contributed by atoms with Gasteiger partial charge in [0.15, 0.2) is 0 Å². The number of nitrogens with two attached hydrogens (primary N) is 1. The van der Waals surface area contributed by atoms with Gasteiger partial charge in [0, 0.05) is 48.5 Å². The van der Waals surface area contributed by atoms with Crippen LogP contribution in [0, 0.1) is 0 Å². The van der Waals surface area contributed by atoms with E-state index in [0.29, 0.717) is 34.1 Å². The maximum atomic E-state index is 13.7. The molecule has 1 fully saturated rings. The zero-order chi connectivity index (χ0) is 25.1. The number of carbonyl (C=O) groups is 3. The smallest absolute Gasteiger partial charge is 0.277 e. The standard InChI is InChI=1S/C25H26ClN5O4/c1-30-10-7-15-5-6-18(14-20(15)24(30)34)31-11-8-19(21(27)23(33)28-9-12-32)22(25(31)35)29-17-4-2-3-16(26)13-17/h2-6,13-14,32H,7-12,27H2,1H3,(H,28,33)/b21-19-,29-22?. The van der Waals surface area contributed by atoms with Crippen molar-refractivity contribution in [2.24, 2.45) is 10.7 Å². The summed E-state index contributed by atoms with van der Waals surface area (Å²) in [6, 6.07) is 12.1. The van der Waals surface area contributed by atoms with E-state index in [0.717, 1.165) is 12.0 Å². The molecule has 35 heavy (non-hydrogen) atoms.